The number of rotatable bonds is 20. The summed E-state index contributed by atoms with van der Waals surface area (Å²) in [6.45, 7) is 7.33. The molecule has 1 aromatic rings. The third kappa shape index (κ3) is 24.5. The average Bonchev–Trinajstić information content (AvgIpc) is 2.90. The van der Waals surface area contributed by atoms with Gasteiger partial charge in [0, 0.05) is 26.2 Å². The fraction of sp³-hybridized carbons (Fsp3) is 0.767. The molecule has 1 saturated heterocycles. The van der Waals surface area contributed by atoms with Crippen molar-refractivity contribution < 1.29 is 14.6 Å². The molecule has 2 N–H and O–H groups in total. The Balaban J connectivity index is 0.00000152. The van der Waals surface area contributed by atoms with Crippen LogP contribution in [0.4, 0.5) is 0 Å². The third-order valence-electron chi connectivity index (χ3n) is 6.38. The Bertz CT molecular complexity index is 559. The maximum absolute atomic E-state index is 11.6. The summed E-state index contributed by atoms with van der Waals surface area (Å²) >= 11 is 0. The Kier molecular flexibility index (Phi) is 27.5. The van der Waals surface area contributed by atoms with Crippen molar-refractivity contribution in [3.63, 3.8) is 0 Å². The number of hydrogen-bond donors (Lipinski definition) is 2. The van der Waals surface area contributed by atoms with Crippen molar-refractivity contribution in [1.29, 1.82) is 0 Å². The van der Waals surface area contributed by atoms with E-state index < -0.39 is 0 Å². The Hall–Kier alpha value is -1.14. The van der Waals surface area contributed by atoms with Gasteiger partial charge in [-0.3, -0.25) is 4.89 Å². The largest absolute Gasteiger partial charge is 0.346 e. The van der Waals surface area contributed by atoms with Crippen molar-refractivity contribution in [2.24, 2.45) is 0 Å². The quantitative estimate of drug-likeness (QED) is 0.104. The van der Waals surface area contributed by atoms with E-state index in [1.807, 2.05) is 30.3 Å². The minimum absolute atomic E-state index is 0. The van der Waals surface area contributed by atoms with Gasteiger partial charge in [0.15, 0.2) is 0 Å². The Morgan fingerprint density at radius 1 is 0.667 bits per heavy atom. The van der Waals surface area contributed by atoms with Gasteiger partial charge in [0.25, 0.3) is 0 Å². The van der Waals surface area contributed by atoms with Gasteiger partial charge >= 0.3 is 5.97 Å². The lowest BCUT2D eigenvalue weighted by molar-refractivity contribution is -0.272. The zero-order valence-corrected chi connectivity index (χ0v) is 23.9. The molecule has 0 radical (unpaired) electrons. The van der Waals surface area contributed by atoms with Crippen LogP contribution in [0.25, 0.3) is 0 Å². The van der Waals surface area contributed by atoms with E-state index in [9.17, 15) is 4.79 Å². The van der Waals surface area contributed by atoms with Gasteiger partial charge in [-0.2, -0.15) is 4.89 Å². The summed E-state index contributed by atoms with van der Waals surface area (Å²) in [7, 11) is 0. The van der Waals surface area contributed by atoms with E-state index in [2.05, 4.69) is 17.6 Å². The highest BCUT2D eigenvalue weighted by Gasteiger charge is 2.05. The van der Waals surface area contributed by atoms with E-state index in [0.29, 0.717) is 6.61 Å². The van der Waals surface area contributed by atoms with E-state index in [1.165, 1.54) is 89.9 Å². The molecule has 0 saturated carbocycles. The smallest absolute Gasteiger partial charge is 0.314 e. The van der Waals surface area contributed by atoms with Crippen molar-refractivity contribution in [1.82, 2.24) is 10.6 Å². The minimum atomic E-state index is -0.326. The van der Waals surface area contributed by atoms with Crippen molar-refractivity contribution in [3.05, 3.63) is 35.9 Å². The van der Waals surface area contributed by atoms with Gasteiger partial charge in [-0.25, -0.2) is 4.79 Å². The minimum Gasteiger partial charge on any atom is -0.314 e. The van der Waals surface area contributed by atoms with Crippen LogP contribution in [-0.4, -0.2) is 38.8 Å². The monoisotopic (exact) mass is 526 g/mol. The number of hydrogen-bond acceptors (Lipinski definition) is 5. The van der Waals surface area contributed by atoms with Crippen molar-refractivity contribution >= 4 is 18.4 Å². The summed E-state index contributed by atoms with van der Waals surface area (Å²) in [5.74, 6) is -0.326. The number of nitrogens with one attached hydrogen (secondary N) is 2. The van der Waals surface area contributed by atoms with Crippen molar-refractivity contribution in [3.8, 4) is 0 Å². The Labute approximate surface area is 228 Å². The first-order chi connectivity index (χ1) is 17.3. The molecule has 1 aromatic carbocycles. The molecule has 5 nitrogen and oxygen atoms in total. The first kappa shape index (κ1) is 34.9. The van der Waals surface area contributed by atoms with Crippen LogP contribution in [0.15, 0.2) is 30.3 Å². The maximum Gasteiger partial charge on any atom is 0.346 e. The standard InChI is InChI=1S/C26H44O3.C4H10N2.ClH/c1-2-3-4-5-6-7-8-9-10-11-12-13-14-15-16-20-23-28-29-26(27)24-25-21-18-17-19-22-25;1-2-6-4-3-5-1;/h17-19,21-22H,2-16,20,23-24H2,1H3;5-6H,1-4H2;1H. The Morgan fingerprint density at radius 2 is 1.08 bits per heavy atom. The molecular formula is C30H55ClN2O3. The summed E-state index contributed by atoms with van der Waals surface area (Å²) in [6.07, 6.45) is 21.8. The lowest BCUT2D eigenvalue weighted by Crippen LogP contribution is -2.39. The topological polar surface area (TPSA) is 59.6 Å². The first-order valence-electron chi connectivity index (χ1n) is 14.6. The highest BCUT2D eigenvalue weighted by atomic mass is 35.5. The van der Waals surface area contributed by atoms with Gasteiger partial charge in [0.1, 0.15) is 0 Å². The van der Waals surface area contributed by atoms with Crippen LogP contribution in [0.1, 0.15) is 115 Å². The molecule has 1 heterocycles. The van der Waals surface area contributed by atoms with Gasteiger partial charge in [-0.1, -0.05) is 134 Å². The van der Waals surface area contributed by atoms with Crippen LogP contribution >= 0.6 is 12.4 Å². The molecule has 0 amide bonds. The molecule has 1 aliphatic heterocycles. The van der Waals surface area contributed by atoms with Gasteiger partial charge in [0.2, 0.25) is 0 Å². The number of carbonyl (C=O) groups excluding carboxylic acids is 1. The van der Waals surface area contributed by atoms with Crippen LogP contribution in [0, 0.1) is 0 Å². The van der Waals surface area contributed by atoms with Crippen LogP contribution in [-0.2, 0) is 21.0 Å². The second-order valence-electron chi connectivity index (χ2n) is 9.74. The highest BCUT2D eigenvalue weighted by Crippen LogP contribution is 2.13. The molecule has 6 heteroatoms. The molecule has 2 rings (SSSR count). The highest BCUT2D eigenvalue weighted by molar-refractivity contribution is 5.85. The van der Waals surface area contributed by atoms with Gasteiger partial charge in [-0.15, -0.1) is 12.4 Å². The maximum atomic E-state index is 11.6. The van der Waals surface area contributed by atoms with Crippen LogP contribution in [0.5, 0.6) is 0 Å². The van der Waals surface area contributed by atoms with E-state index in [-0.39, 0.29) is 24.8 Å². The molecule has 210 valence electrons. The summed E-state index contributed by atoms with van der Waals surface area (Å²) < 4.78 is 0. The van der Waals surface area contributed by atoms with Crippen molar-refractivity contribution in [2.45, 2.75) is 116 Å². The van der Waals surface area contributed by atoms with E-state index in [4.69, 9.17) is 9.78 Å². The predicted molar refractivity (Wildman–Crippen MR) is 155 cm³/mol. The van der Waals surface area contributed by atoms with Gasteiger partial charge in [0.05, 0.1) is 13.0 Å². The zero-order chi connectivity index (χ0) is 25.1. The van der Waals surface area contributed by atoms with Crippen LogP contribution in [0.2, 0.25) is 0 Å². The molecule has 1 fully saturated rings. The number of benzene rings is 1. The third-order valence-corrected chi connectivity index (χ3v) is 6.38. The number of piperazine rings is 1. The van der Waals surface area contributed by atoms with E-state index >= 15 is 0 Å². The van der Waals surface area contributed by atoms with Crippen LogP contribution in [0.3, 0.4) is 0 Å². The zero-order valence-electron chi connectivity index (χ0n) is 23.1. The molecule has 0 unspecified atom stereocenters. The SMILES string of the molecule is C1CNCCN1.CCCCCCCCCCCCCCCCCCOOC(=O)Cc1ccccc1.Cl. The Morgan fingerprint density at radius 3 is 1.50 bits per heavy atom. The molecular weight excluding hydrogens is 472 g/mol. The lowest BCUT2D eigenvalue weighted by atomic mass is 10.0. The molecule has 1 aliphatic rings. The molecule has 36 heavy (non-hydrogen) atoms. The molecule has 0 aliphatic carbocycles. The van der Waals surface area contributed by atoms with Gasteiger partial charge < -0.3 is 10.6 Å². The van der Waals surface area contributed by atoms with E-state index in [1.54, 1.807) is 0 Å². The molecule has 0 bridgehead atoms. The number of unbranched alkanes of at least 4 members (excludes halogenated alkanes) is 15. The predicted octanol–water partition coefficient (Wildman–Crippen LogP) is 7.57. The summed E-state index contributed by atoms with van der Waals surface area (Å²) in [4.78, 5) is 21.5. The van der Waals surface area contributed by atoms with Crippen molar-refractivity contribution in [2.75, 3.05) is 32.8 Å². The fourth-order valence-electron chi connectivity index (χ4n) is 4.21. The fourth-order valence-corrected chi connectivity index (χ4v) is 4.21. The first-order valence-corrected chi connectivity index (χ1v) is 14.6. The molecule has 0 aromatic heterocycles. The normalized spacial score (nSPS) is 12.8. The second-order valence-corrected chi connectivity index (χ2v) is 9.74. The number of carbonyl (C=O) groups is 1. The summed E-state index contributed by atoms with van der Waals surface area (Å²) in [5, 5.41) is 6.44. The lowest BCUT2D eigenvalue weighted by Gasteiger charge is -2.11. The van der Waals surface area contributed by atoms with Gasteiger partial charge in [-0.05, 0) is 12.0 Å². The van der Waals surface area contributed by atoms with E-state index in [0.717, 1.165) is 44.6 Å². The number of halogens is 1. The summed E-state index contributed by atoms with van der Waals surface area (Å²) in [6, 6.07) is 9.59. The molecule has 0 atom stereocenters. The molecule has 0 spiro atoms. The average molecular weight is 527 g/mol. The summed E-state index contributed by atoms with van der Waals surface area (Å²) in [5.41, 5.74) is 0.948. The second kappa shape index (κ2) is 28.4. The van der Waals surface area contributed by atoms with Crippen LogP contribution < -0.4 is 10.6 Å².